The van der Waals surface area contributed by atoms with E-state index in [0.717, 1.165) is 25.5 Å². The summed E-state index contributed by atoms with van der Waals surface area (Å²) in [5.74, 6) is 0.755. The Kier molecular flexibility index (Phi) is 11.9. The Morgan fingerprint density at radius 3 is 2.33 bits per heavy atom. The molecule has 92 valence electrons. The minimum absolute atomic E-state index is 0.755. The summed E-state index contributed by atoms with van der Waals surface area (Å²) in [6.45, 7) is 8.52. The molecular formula is C13H29NO. The van der Waals surface area contributed by atoms with Crippen LogP contribution >= 0.6 is 0 Å². The average molecular weight is 215 g/mol. The van der Waals surface area contributed by atoms with E-state index in [1.165, 1.54) is 38.5 Å². The molecule has 0 aliphatic carbocycles. The molecule has 0 aromatic rings. The van der Waals surface area contributed by atoms with Crippen LogP contribution in [-0.4, -0.2) is 13.2 Å². The molecule has 0 saturated carbocycles. The van der Waals surface area contributed by atoms with E-state index >= 15 is 0 Å². The summed E-state index contributed by atoms with van der Waals surface area (Å²) in [7, 11) is 0. The van der Waals surface area contributed by atoms with Crippen molar-refractivity contribution in [1.82, 2.24) is 5.48 Å². The van der Waals surface area contributed by atoms with Gasteiger partial charge in [-0.15, -0.1) is 0 Å². The molecule has 0 aromatic carbocycles. The Morgan fingerprint density at radius 1 is 0.933 bits per heavy atom. The fraction of sp³-hybridized carbons (Fsp3) is 1.00. The maximum atomic E-state index is 5.47. The monoisotopic (exact) mass is 215 g/mol. The molecule has 0 fully saturated rings. The molecule has 1 unspecified atom stereocenters. The Morgan fingerprint density at radius 2 is 1.73 bits per heavy atom. The van der Waals surface area contributed by atoms with E-state index in [9.17, 15) is 0 Å². The molecule has 0 saturated heterocycles. The fourth-order valence-electron chi connectivity index (χ4n) is 1.75. The molecule has 15 heavy (non-hydrogen) atoms. The van der Waals surface area contributed by atoms with E-state index in [0.29, 0.717) is 0 Å². The van der Waals surface area contributed by atoms with Crippen molar-refractivity contribution in [2.75, 3.05) is 13.2 Å². The summed E-state index contributed by atoms with van der Waals surface area (Å²) < 4.78 is 0. The smallest absolute Gasteiger partial charge is 0.0710 e. The minimum Gasteiger partial charge on any atom is -0.302 e. The third-order valence-electron chi connectivity index (χ3n) is 2.69. The highest BCUT2D eigenvalue weighted by Crippen LogP contribution is 2.15. The van der Waals surface area contributed by atoms with Gasteiger partial charge in [0.15, 0.2) is 0 Å². The van der Waals surface area contributed by atoms with Crippen LogP contribution in [-0.2, 0) is 4.84 Å². The van der Waals surface area contributed by atoms with E-state index in [4.69, 9.17) is 4.84 Å². The number of unbranched alkanes of at least 4 members (excludes halogenated alkanes) is 2. The molecule has 0 radical (unpaired) electrons. The number of nitrogens with one attached hydrogen (secondary N) is 1. The molecular weight excluding hydrogens is 186 g/mol. The first kappa shape index (κ1) is 14.9. The van der Waals surface area contributed by atoms with Gasteiger partial charge in [0.2, 0.25) is 0 Å². The van der Waals surface area contributed by atoms with Crippen LogP contribution in [0.3, 0.4) is 0 Å². The van der Waals surface area contributed by atoms with Crippen LogP contribution in [0, 0.1) is 5.92 Å². The highest BCUT2D eigenvalue weighted by Gasteiger charge is 2.07. The van der Waals surface area contributed by atoms with Crippen LogP contribution in [0.5, 0.6) is 0 Å². The van der Waals surface area contributed by atoms with Crippen molar-refractivity contribution in [2.24, 2.45) is 5.92 Å². The molecule has 0 aliphatic rings. The van der Waals surface area contributed by atoms with Gasteiger partial charge in [0.1, 0.15) is 0 Å². The summed E-state index contributed by atoms with van der Waals surface area (Å²) >= 11 is 0. The summed E-state index contributed by atoms with van der Waals surface area (Å²) in [6, 6.07) is 0. The van der Waals surface area contributed by atoms with Crippen molar-refractivity contribution < 1.29 is 4.84 Å². The molecule has 0 aromatic heterocycles. The van der Waals surface area contributed by atoms with Gasteiger partial charge in [-0.2, -0.15) is 0 Å². The van der Waals surface area contributed by atoms with Gasteiger partial charge in [-0.1, -0.05) is 46.5 Å². The average Bonchev–Trinajstić information content (AvgIpc) is 2.24. The van der Waals surface area contributed by atoms with E-state index < -0.39 is 0 Å². The molecule has 1 atom stereocenters. The normalized spacial score (nSPS) is 13.0. The van der Waals surface area contributed by atoms with E-state index in [-0.39, 0.29) is 0 Å². The van der Waals surface area contributed by atoms with Gasteiger partial charge in [0.25, 0.3) is 0 Å². The van der Waals surface area contributed by atoms with Gasteiger partial charge in [0.05, 0.1) is 6.61 Å². The van der Waals surface area contributed by atoms with Crippen molar-refractivity contribution in [3.63, 3.8) is 0 Å². The van der Waals surface area contributed by atoms with Gasteiger partial charge >= 0.3 is 0 Å². The maximum Gasteiger partial charge on any atom is 0.0710 e. The summed E-state index contributed by atoms with van der Waals surface area (Å²) in [5.41, 5.74) is 3.01. The van der Waals surface area contributed by atoms with Gasteiger partial charge in [-0.05, 0) is 25.2 Å². The number of rotatable bonds is 11. The molecule has 1 N–H and O–H groups in total. The first-order chi connectivity index (χ1) is 7.35. The molecule has 0 heterocycles. The summed E-state index contributed by atoms with van der Waals surface area (Å²) in [5, 5.41) is 0. The fourth-order valence-corrected chi connectivity index (χ4v) is 1.75. The van der Waals surface area contributed by atoms with Crippen molar-refractivity contribution in [1.29, 1.82) is 0 Å². The standard InChI is InChI=1S/C13H29NO/c1-4-7-8-10-13(9-5-2)12-15-14-11-6-3/h13-14H,4-12H2,1-3H3. The lowest BCUT2D eigenvalue weighted by Gasteiger charge is -2.16. The van der Waals surface area contributed by atoms with E-state index in [2.05, 4.69) is 26.3 Å². The lowest BCUT2D eigenvalue weighted by atomic mass is 9.97. The third kappa shape index (κ3) is 10.2. The molecule has 2 heteroatoms. The summed E-state index contributed by atoms with van der Waals surface area (Å²) in [6.07, 6.45) is 9.07. The van der Waals surface area contributed by atoms with Crippen molar-refractivity contribution in [3.05, 3.63) is 0 Å². The first-order valence-electron chi connectivity index (χ1n) is 6.69. The van der Waals surface area contributed by atoms with Crippen LogP contribution in [0.15, 0.2) is 0 Å². The van der Waals surface area contributed by atoms with Crippen LogP contribution in [0.2, 0.25) is 0 Å². The second kappa shape index (κ2) is 12.0. The lowest BCUT2D eigenvalue weighted by molar-refractivity contribution is 0.0130. The Hall–Kier alpha value is -0.0800. The van der Waals surface area contributed by atoms with Crippen molar-refractivity contribution in [3.8, 4) is 0 Å². The lowest BCUT2D eigenvalue weighted by Crippen LogP contribution is -2.20. The predicted molar refractivity (Wildman–Crippen MR) is 66.8 cm³/mol. The third-order valence-corrected chi connectivity index (χ3v) is 2.69. The number of hydrogen-bond acceptors (Lipinski definition) is 2. The quantitative estimate of drug-likeness (QED) is 0.417. The molecule has 0 aliphatic heterocycles. The van der Waals surface area contributed by atoms with Gasteiger partial charge in [-0.25, -0.2) is 5.48 Å². The Labute approximate surface area is 95.7 Å². The SMILES string of the molecule is CCCCCC(CCC)CONCCC. The zero-order chi connectivity index (χ0) is 11.4. The molecule has 0 amide bonds. The van der Waals surface area contributed by atoms with Crippen LogP contribution in [0.4, 0.5) is 0 Å². The van der Waals surface area contributed by atoms with Crippen LogP contribution in [0.25, 0.3) is 0 Å². The highest BCUT2D eigenvalue weighted by molar-refractivity contribution is 4.57. The van der Waals surface area contributed by atoms with Crippen LogP contribution < -0.4 is 5.48 Å². The van der Waals surface area contributed by atoms with Crippen molar-refractivity contribution in [2.45, 2.75) is 65.7 Å². The van der Waals surface area contributed by atoms with Crippen LogP contribution in [0.1, 0.15) is 65.7 Å². The Bertz CT molecular complexity index is 117. The zero-order valence-corrected chi connectivity index (χ0v) is 10.8. The number of hydrogen-bond donors (Lipinski definition) is 1. The van der Waals surface area contributed by atoms with Gasteiger partial charge < -0.3 is 4.84 Å². The van der Waals surface area contributed by atoms with Gasteiger partial charge in [0, 0.05) is 6.54 Å². The minimum atomic E-state index is 0.755. The second-order valence-corrected chi connectivity index (χ2v) is 4.36. The van der Waals surface area contributed by atoms with E-state index in [1.807, 2.05) is 0 Å². The molecule has 0 spiro atoms. The topological polar surface area (TPSA) is 21.3 Å². The largest absolute Gasteiger partial charge is 0.302 e. The second-order valence-electron chi connectivity index (χ2n) is 4.36. The first-order valence-corrected chi connectivity index (χ1v) is 6.69. The van der Waals surface area contributed by atoms with Gasteiger partial charge in [-0.3, -0.25) is 0 Å². The Balaban J connectivity index is 3.44. The highest BCUT2D eigenvalue weighted by atomic mass is 16.6. The zero-order valence-electron chi connectivity index (χ0n) is 10.8. The maximum absolute atomic E-state index is 5.47. The summed E-state index contributed by atoms with van der Waals surface area (Å²) in [4.78, 5) is 5.47. The van der Waals surface area contributed by atoms with E-state index in [1.54, 1.807) is 0 Å². The predicted octanol–water partition coefficient (Wildman–Crippen LogP) is 3.91. The molecule has 0 bridgehead atoms. The molecule has 2 nitrogen and oxygen atoms in total. The molecule has 0 rings (SSSR count). The number of hydroxylamine groups is 1. The van der Waals surface area contributed by atoms with Crippen molar-refractivity contribution >= 4 is 0 Å².